The smallest absolute Gasteiger partial charge is 0.238 e. The molecule has 0 bridgehead atoms. The molecule has 2 aromatic heterocycles. The lowest BCUT2D eigenvalue weighted by molar-refractivity contribution is -0.140. The average Bonchev–Trinajstić information content (AvgIpc) is 3.16. The van der Waals surface area contributed by atoms with Gasteiger partial charge in [-0.2, -0.15) is 4.98 Å². The van der Waals surface area contributed by atoms with Gasteiger partial charge in [0.2, 0.25) is 17.6 Å². The SMILES string of the molecule is CC(C)(C)C(=O)N1CCC[C@H](c2nc(-c3ncc[nH]3)no2)C1. The van der Waals surface area contributed by atoms with Crippen molar-refractivity contribution in [2.45, 2.75) is 39.5 Å². The van der Waals surface area contributed by atoms with Gasteiger partial charge in [0.05, 0.1) is 5.92 Å². The molecule has 1 aliphatic heterocycles. The highest BCUT2D eigenvalue weighted by molar-refractivity contribution is 5.81. The number of rotatable bonds is 2. The molecule has 1 atom stereocenters. The number of H-pyrrole nitrogens is 1. The van der Waals surface area contributed by atoms with Crippen LogP contribution in [-0.2, 0) is 4.79 Å². The number of piperidine rings is 1. The van der Waals surface area contributed by atoms with Crippen LogP contribution < -0.4 is 0 Å². The van der Waals surface area contributed by atoms with E-state index in [2.05, 4.69) is 20.1 Å². The summed E-state index contributed by atoms with van der Waals surface area (Å²) in [5.74, 6) is 1.89. The first-order valence-electron chi connectivity index (χ1n) is 7.58. The number of carbonyl (C=O) groups is 1. The molecule has 0 aromatic carbocycles. The van der Waals surface area contributed by atoms with Gasteiger partial charge in [-0.05, 0) is 12.8 Å². The number of carbonyl (C=O) groups excluding carboxylic acids is 1. The third-order valence-electron chi connectivity index (χ3n) is 3.85. The van der Waals surface area contributed by atoms with Gasteiger partial charge in [0, 0.05) is 30.9 Å². The highest BCUT2D eigenvalue weighted by Crippen LogP contribution is 2.29. The molecule has 22 heavy (non-hydrogen) atoms. The predicted molar refractivity (Wildman–Crippen MR) is 79.9 cm³/mol. The van der Waals surface area contributed by atoms with E-state index in [1.54, 1.807) is 12.4 Å². The lowest BCUT2D eigenvalue weighted by atomic mass is 9.91. The standard InChI is InChI=1S/C15H21N5O2/c1-15(2,3)14(21)20-8-4-5-10(9-20)13-18-12(19-22-13)11-16-6-7-17-11/h6-7,10H,4-5,8-9H2,1-3H3,(H,16,17)/t10-/m0/s1. The predicted octanol–water partition coefficient (Wildman–Crippen LogP) is 2.21. The maximum absolute atomic E-state index is 12.4. The van der Waals surface area contributed by atoms with E-state index in [0.29, 0.717) is 24.1 Å². The van der Waals surface area contributed by atoms with Crippen LogP contribution in [-0.4, -0.2) is 44.0 Å². The van der Waals surface area contributed by atoms with Crippen LogP contribution in [0.2, 0.25) is 0 Å². The van der Waals surface area contributed by atoms with Crippen molar-refractivity contribution >= 4 is 5.91 Å². The molecule has 0 unspecified atom stereocenters. The number of aromatic amines is 1. The number of amides is 1. The van der Waals surface area contributed by atoms with Crippen LogP contribution in [0, 0.1) is 5.41 Å². The summed E-state index contributed by atoms with van der Waals surface area (Å²) in [5, 5.41) is 3.97. The van der Waals surface area contributed by atoms with Gasteiger partial charge < -0.3 is 14.4 Å². The summed E-state index contributed by atoms with van der Waals surface area (Å²) in [4.78, 5) is 25.8. The van der Waals surface area contributed by atoms with E-state index < -0.39 is 0 Å². The average molecular weight is 303 g/mol. The summed E-state index contributed by atoms with van der Waals surface area (Å²) in [5.41, 5.74) is -0.365. The summed E-state index contributed by atoms with van der Waals surface area (Å²) in [6.07, 6.45) is 5.27. The molecule has 0 radical (unpaired) electrons. The second kappa shape index (κ2) is 5.55. The molecule has 1 aliphatic rings. The van der Waals surface area contributed by atoms with E-state index >= 15 is 0 Å². The number of imidazole rings is 1. The first-order chi connectivity index (χ1) is 10.4. The normalized spacial score (nSPS) is 19.4. The Labute approximate surface area is 129 Å². The Morgan fingerprint density at radius 3 is 2.95 bits per heavy atom. The molecular formula is C15H21N5O2. The van der Waals surface area contributed by atoms with Crippen LogP contribution in [0.15, 0.2) is 16.9 Å². The zero-order valence-corrected chi connectivity index (χ0v) is 13.2. The minimum Gasteiger partial charge on any atom is -0.342 e. The molecule has 1 saturated heterocycles. The second-order valence-corrected chi connectivity index (χ2v) is 6.73. The molecule has 0 spiro atoms. The molecule has 0 saturated carbocycles. The van der Waals surface area contributed by atoms with Crippen molar-refractivity contribution in [2.24, 2.45) is 5.41 Å². The summed E-state index contributed by atoms with van der Waals surface area (Å²) in [7, 11) is 0. The number of nitrogens with one attached hydrogen (secondary N) is 1. The van der Waals surface area contributed by atoms with Crippen molar-refractivity contribution in [2.75, 3.05) is 13.1 Å². The minimum absolute atomic E-state index is 0.0938. The maximum atomic E-state index is 12.4. The highest BCUT2D eigenvalue weighted by Gasteiger charge is 2.33. The fourth-order valence-corrected chi connectivity index (χ4v) is 2.72. The summed E-state index contributed by atoms with van der Waals surface area (Å²) < 4.78 is 5.38. The largest absolute Gasteiger partial charge is 0.342 e. The number of aromatic nitrogens is 4. The Bertz CT molecular complexity index is 641. The van der Waals surface area contributed by atoms with E-state index in [-0.39, 0.29) is 17.2 Å². The van der Waals surface area contributed by atoms with Crippen LogP contribution in [0.4, 0.5) is 0 Å². The number of likely N-dealkylation sites (tertiary alicyclic amines) is 1. The molecule has 118 valence electrons. The van der Waals surface area contributed by atoms with Gasteiger partial charge in [-0.15, -0.1) is 0 Å². The number of hydrogen-bond donors (Lipinski definition) is 1. The van der Waals surface area contributed by atoms with Crippen LogP contribution in [0.5, 0.6) is 0 Å². The molecule has 7 nitrogen and oxygen atoms in total. The highest BCUT2D eigenvalue weighted by atomic mass is 16.5. The Balaban J connectivity index is 1.74. The lowest BCUT2D eigenvalue weighted by Gasteiger charge is -2.35. The molecule has 0 aliphatic carbocycles. The minimum atomic E-state index is -0.365. The van der Waals surface area contributed by atoms with E-state index in [4.69, 9.17) is 4.52 Å². The van der Waals surface area contributed by atoms with Crippen molar-refractivity contribution in [3.05, 3.63) is 18.3 Å². The fourth-order valence-electron chi connectivity index (χ4n) is 2.72. The van der Waals surface area contributed by atoms with Crippen LogP contribution in [0.3, 0.4) is 0 Å². The fraction of sp³-hybridized carbons (Fsp3) is 0.600. The zero-order chi connectivity index (χ0) is 15.7. The molecule has 3 heterocycles. The summed E-state index contributed by atoms with van der Waals surface area (Å²) in [6.45, 7) is 7.27. The van der Waals surface area contributed by atoms with Gasteiger partial charge in [-0.3, -0.25) is 4.79 Å². The second-order valence-electron chi connectivity index (χ2n) is 6.73. The van der Waals surface area contributed by atoms with Gasteiger partial charge in [-0.25, -0.2) is 4.98 Å². The Hall–Kier alpha value is -2.18. The first kappa shape index (κ1) is 14.7. The third kappa shape index (κ3) is 2.88. The topological polar surface area (TPSA) is 87.9 Å². The van der Waals surface area contributed by atoms with E-state index in [0.717, 1.165) is 19.4 Å². The molecule has 1 fully saturated rings. The van der Waals surface area contributed by atoms with Gasteiger partial charge in [0.25, 0.3) is 0 Å². The Morgan fingerprint density at radius 1 is 1.45 bits per heavy atom. The molecule has 7 heteroatoms. The van der Waals surface area contributed by atoms with Gasteiger partial charge in [0.1, 0.15) is 0 Å². The first-order valence-corrected chi connectivity index (χ1v) is 7.58. The van der Waals surface area contributed by atoms with Crippen molar-refractivity contribution in [3.8, 4) is 11.6 Å². The quantitative estimate of drug-likeness (QED) is 0.919. The number of nitrogens with zero attached hydrogens (tertiary/aromatic N) is 4. The Morgan fingerprint density at radius 2 is 2.27 bits per heavy atom. The summed E-state index contributed by atoms with van der Waals surface area (Å²) in [6, 6.07) is 0. The van der Waals surface area contributed by atoms with E-state index in [1.807, 2.05) is 25.7 Å². The summed E-state index contributed by atoms with van der Waals surface area (Å²) >= 11 is 0. The number of hydrogen-bond acceptors (Lipinski definition) is 5. The van der Waals surface area contributed by atoms with Crippen molar-refractivity contribution in [1.29, 1.82) is 0 Å². The monoisotopic (exact) mass is 303 g/mol. The lowest BCUT2D eigenvalue weighted by Crippen LogP contribution is -2.44. The van der Waals surface area contributed by atoms with Crippen LogP contribution >= 0.6 is 0 Å². The van der Waals surface area contributed by atoms with E-state index in [1.165, 1.54) is 0 Å². The van der Waals surface area contributed by atoms with Crippen molar-refractivity contribution in [1.82, 2.24) is 25.0 Å². The molecular weight excluding hydrogens is 282 g/mol. The van der Waals surface area contributed by atoms with Gasteiger partial charge in [0.15, 0.2) is 5.82 Å². The van der Waals surface area contributed by atoms with Crippen molar-refractivity contribution in [3.63, 3.8) is 0 Å². The van der Waals surface area contributed by atoms with Gasteiger partial charge in [-0.1, -0.05) is 25.9 Å². The molecule has 2 aromatic rings. The zero-order valence-electron chi connectivity index (χ0n) is 13.2. The molecule has 1 N–H and O–H groups in total. The van der Waals surface area contributed by atoms with E-state index in [9.17, 15) is 4.79 Å². The maximum Gasteiger partial charge on any atom is 0.238 e. The van der Waals surface area contributed by atoms with Crippen LogP contribution in [0.1, 0.15) is 45.4 Å². The third-order valence-corrected chi connectivity index (χ3v) is 3.85. The van der Waals surface area contributed by atoms with Gasteiger partial charge >= 0.3 is 0 Å². The molecule has 1 amide bonds. The van der Waals surface area contributed by atoms with Crippen LogP contribution in [0.25, 0.3) is 11.6 Å². The van der Waals surface area contributed by atoms with Crippen molar-refractivity contribution < 1.29 is 9.32 Å². The molecule has 3 rings (SSSR count). The Kier molecular flexibility index (Phi) is 3.72.